The number of halogens is 3. The van der Waals surface area contributed by atoms with Gasteiger partial charge in [0.15, 0.2) is 11.6 Å². The molecule has 0 bridgehead atoms. The van der Waals surface area contributed by atoms with Crippen molar-refractivity contribution in [2.45, 2.75) is 11.8 Å². The molecule has 0 saturated heterocycles. The quantitative estimate of drug-likeness (QED) is 0.779. The van der Waals surface area contributed by atoms with Crippen LogP contribution in [0.2, 0.25) is 0 Å². The number of benzene rings is 2. The highest BCUT2D eigenvalue weighted by atomic mass is 79.9. The highest BCUT2D eigenvalue weighted by Gasteiger charge is 2.21. The SMILES string of the molecule is Cc1ccc(S(=O)(=O)Oc2c(F)cc(F)cc2Br)cc1. The van der Waals surface area contributed by atoms with Gasteiger partial charge >= 0.3 is 10.1 Å². The van der Waals surface area contributed by atoms with Crippen molar-refractivity contribution in [2.75, 3.05) is 0 Å². The minimum absolute atomic E-state index is 0.112. The van der Waals surface area contributed by atoms with Crippen LogP contribution < -0.4 is 4.18 Å². The summed E-state index contributed by atoms with van der Waals surface area (Å²) in [4.78, 5) is -0.112. The third-order valence-corrected chi connectivity index (χ3v) is 4.29. The monoisotopic (exact) mass is 362 g/mol. The van der Waals surface area contributed by atoms with Crippen molar-refractivity contribution in [3.63, 3.8) is 0 Å². The van der Waals surface area contributed by atoms with Gasteiger partial charge in [-0.2, -0.15) is 8.42 Å². The van der Waals surface area contributed by atoms with Crippen molar-refractivity contribution in [1.82, 2.24) is 0 Å². The molecule has 0 saturated carbocycles. The smallest absolute Gasteiger partial charge is 0.339 e. The van der Waals surface area contributed by atoms with Gasteiger partial charge in [-0.3, -0.25) is 0 Å². The van der Waals surface area contributed by atoms with E-state index in [9.17, 15) is 17.2 Å². The number of hydrogen-bond donors (Lipinski definition) is 0. The molecule has 0 fully saturated rings. The van der Waals surface area contributed by atoms with E-state index >= 15 is 0 Å². The lowest BCUT2D eigenvalue weighted by Crippen LogP contribution is -2.11. The molecule has 0 unspecified atom stereocenters. The van der Waals surface area contributed by atoms with E-state index in [1.165, 1.54) is 12.1 Å². The van der Waals surface area contributed by atoms with Gasteiger partial charge in [-0.15, -0.1) is 0 Å². The predicted octanol–water partition coefficient (Wildman–Crippen LogP) is 3.80. The lowest BCUT2D eigenvalue weighted by molar-refractivity contribution is 0.455. The van der Waals surface area contributed by atoms with Gasteiger partial charge in [0.25, 0.3) is 0 Å². The predicted molar refractivity (Wildman–Crippen MR) is 73.1 cm³/mol. The van der Waals surface area contributed by atoms with E-state index in [4.69, 9.17) is 4.18 Å². The molecule has 0 spiro atoms. The summed E-state index contributed by atoms with van der Waals surface area (Å²) in [5.74, 6) is -2.52. The van der Waals surface area contributed by atoms with Crippen LogP contribution in [-0.4, -0.2) is 8.42 Å². The van der Waals surface area contributed by atoms with E-state index in [1.807, 2.05) is 0 Å². The standard InChI is InChI=1S/C13H9BrF2O3S/c1-8-2-4-10(5-3-8)20(17,18)19-13-11(14)6-9(15)7-12(13)16/h2-7H,1H3. The largest absolute Gasteiger partial charge is 0.375 e. The summed E-state index contributed by atoms with van der Waals surface area (Å²) >= 11 is 2.87. The van der Waals surface area contributed by atoms with Crippen molar-refractivity contribution in [1.29, 1.82) is 0 Å². The summed E-state index contributed by atoms with van der Waals surface area (Å²) in [6, 6.07) is 7.34. The van der Waals surface area contributed by atoms with E-state index in [0.717, 1.165) is 11.6 Å². The molecule has 0 amide bonds. The second-order valence-electron chi connectivity index (χ2n) is 4.05. The maximum absolute atomic E-state index is 13.6. The van der Waals surface area contributed by atoms with Crippen LogP contribution in [0, 0.1) is 18.6 Å². The molecular formula is C13H9BrF2O3S. The molecule has 2 aromatic rings. The van der Waals surface area contributed by atoms with Gasteiger partial charge in [0, 0.05) is 6.07 Å². The van der Waals surface area contributed by atoms with Crippen LogP contribution in [0.5, 0.6) is 5.75 Å². The second-order valence-corrected chi connectivity index (χ2v) is 6.45. The van der Waals surface area contributed by atoms with Gasteiger partial charge in [0.1, 0.15) is 10.7 Å². The van der Waals surface area contributed by atoms with Gasteiger partial charge < -0.3 is 4.18 Å². The Balaban J connectivity index is 2.41. The van der Waals surface area contributed by atoms with Crippen LogP contribution >= 0.6 is 15.9 Å². The number of aryl methyl sites for hydroxylation is 1. The van der Waals surface area contributed by atoms with Gasteiger partial charge in [0.2, 0.25) is 0 Å². The Kier molecular flexibility index (Phi) is 4.10. The summed E-state index contributed by atoms with van der Waals surface area (Å²) in [7, 11) is -4.18. The Labute approximate surface area is 123 Å². The van der Waals surface area contributed by atoms with Crippen LogP contribution in [0.3, 0.4) is 0 Å². The van der Waals surface area contributed by atoms with Crippen molar-refractivity contribution in [3.05, 3.63) is 58.1 Å². The first-order chi connectivity index (χ1) is 9.29. The lowest BCUT2D eigenvalue weighted by atomic mass is 10.2. The van der Waals surface area contributed by atoms with Crippen LogP contribution in [0.25, 0.3) is 0 Å². The maximum Gasteiger partial charge on any atom is 0.339 e. The van der Waals surface area contributed by atoms with Crippen LogP contribution in [0.4, 0.5) is 8.78 Å². The molecule has 106 valence electrons. The summed E-state index contributed by atoms with van der Waals surface area (Å²) in [6.45, 7) is 1.80. The van der Waals surface area contributed by atoms with Gasteiger partial charge in [-0.25, -0.2) is 8.78 Å². The fourth-order valence-corrected chi connectivity index (χ4v) is 3.02. The fraction of sp³-hybridized carbons (Fsp3) is 0.0769. The normalized spacial score (nSPS) is 11.4. The highest BCUT2D eigenvalue weighted by molar-refractivity contribution is 9.10. The van der Waals surface area contributed by atoms with Crippen molar-refractivity contribution < 1.29 is 21.4 Å². The zero-order chi connectivity index (χ0) is 14.9. The minimum Gasteiger partial charge on any atom is -0.375 e. The summed E-state index contributed by atoms with van der Waals surface area (Å²) < 4.78 is 55.1. The molecule has 0 atom stereocenters. The molecular weight excluding hydrogens is 354 g/mol. The molecule has 0 radical (unpaired) electrons. The van der Waals surface area contributed by atoms with E-state index in [1.54, 1.807) is 19.1 Å². The zero-order valence-electron chi connectivity index (χ0n) is 10.2. The average Bonchev–Trinajstić information content (AvgIpc) is 2.34. The molecule has 2 rings (SSSR count). The van der Waals surface area contributed by atoms with Crippen molar-refractivity contribution >= 4 is 26.0 Å². The molecule has 3 nitrogen and oxygen atoms in total. The molecule has 7 heteroatoms. The first kappa shape index (κ1) is 14.9. The van der Waals surface area contributed by atoms with E-state index in [0.29, 0.717) is 6.07 Å². The lowest BCUT2D eigenvalue weighted by Gasteiger charge is -2.09. The number of hydrogen-bond acceptors (Lipinski definition) is 3. The molecule has 20 heavy (non-hydrogen) atoms. The third kappa shape index (κ3) is 3.16. The Morgan fingerprint density at radius 3 is 2.25 bits per heavy atom. The molecule has 0 aliphatic carbocycles. The molecule has 0 aliphatic rings. The topological polar surface area (TPSA) is 43.4 Å². The molecule has 0 heterocycles. The van der Waals surface area contributed by atoms with E-state index in [-0.39, 0.29) is 9.37 Å². The van der Waals surface area contributed by atoms with Crippen molar-refractivity contribution in [2.24, 2.45) is 0 Å². The maximum atomic E-state index is 13.6. The Bertz CT molecular complexity index is 720. The van der Waals surface area contributed by atoms with Gasteiger partial charge in [-0.05, 0) is 41.1 Å². The molecule has 0 N–H and O–H groups in total. The van der Waals surface area contributed by atoms with Crippen molar-refractivity contribution in [3.8, 4) is 5.75 Å². The first-order valence-corrected chi connectivity index (χ1v) is 7.65. The van der Waals surface area contributed by atoms with Gasteiger partial charge in [-0.1, -0.05) is 17.7 Å². The number of rotatable bonds is 3. The van der Waals surface area contributed by atoms with Crippen LogP contribution in [-0.2, 0) is 10.1 Å². The minimum atomic E-state index is -4.18. The van der Waals surface area contributed by atoms with Gasteiger partial charge in [0.05, 0.1) is 4.47 Å². The summed E-state index contributed by atoms with van der Waals surface area (Å²) in [6.07, 6.45) is 0. The molecule has 0 aromatic heterocycles. The molecule has 0 aliphatic heterocycles. The third-order valence-electron chi connectivity index (χ3n) is 2.47. The Morgan fingerprint density at radius 2 is 1.70 bits per heavy atom. The molecule has 2 aromatic carbocycles. The summed E-state index contributed by atoms with van der Waals surface area (Å²) in [5, 5.41) is 0. The Morgan fingerprint density at radius 1 is 1.10 bits per heavy atom. The summed E-state index contributed by atoms with van der Waals surface area (Å²) in [5.41, 5.74) is 0.873. The average molecular weight is 363 g/mol. The zero-order valence-corrected chi connectivity index (χ0v) is 12.6. The van der Waals surface area contributed by atoms with Crippen LogP contribution in [0.1, 0.15) is 5.56 Å². The van der Waals surface area contributed by atoms with Crippen LogP contribution in [0.15, 0.2) is 45.8 Å². The Hall–Kier alpha value is -1.47. The highest BCUT2D eigenvalue weighted by Crippen LogP contribution is 2.31. The van der Waals surface area contributed by atoms with E-state index < -0.39 is 27.5 Å². The first-order valence-electron chi connectivity index (χ1n) is 5.45. The van der Waals surface area contributed by atoms with E-state index in [2.05, 4.69) is 15.9 Å². The second kappa shape index (κ2) is 5.49. The fourth-order valence-electron chi connectivity index (χ4n) is 1.47.